The Kier molecular flexibility index (Phi) is 5.11. The van der Waals surface area contributed by atoms with Crippen LogP contribution in [0.3, 0.4) is 0 Å². The quantitative estimate of drug-likeness (QED) is 0.829. The Labute approximate surface area is 124 Å². The van der Waals surface area contributed by atoms with Crippen LogP contribution in [0.15, 0.2) is 36.8 Å². The van der Waals surface area contributed by atoms with Crippen molar-refractivity contribution >= 4 is 5.97 Å². The number of esters is 1. The molecule has 0 amide bonds. The van der Waals surface area contributed by atoms with Crippen LogP contribution < -0.4 is 5.73 Å². The van der Waals surface area contributed by atoms with E-state index >= 15 is 0 Å². The molecule has 0 fully saturated rings. The summed E-state index contributed by atoms with van der Waals surface area (Å²) in [6.45, 7) is 2.65. The maximum absolute atomic E-state index is 11.8. The van der Waals surface area contributed by atoms with Crippen LogP contribution >= 0.6 is 0 Å². The van der Waals surface area contributed by atoms with Gasteiger partial charge in [0.15, 0.2) is 0 Å². The second kappa shape index (κ2) is 7.04. The summed E-state index contributed by atoms with van der Waals surface area (Å²) in [4.78, 5) is 15.9. The second-order valence-electron chi connectivity index (χ2n) is 4.93. The van der Waals surface area contributed by atoms with E-state index in [-0.39, 0.29) is 12.0 Å². The molecule has 0 saturated heterocycles. The lowest BCUT2D eigenvalue weighted by molar-refractivity contribution is 0.0586. The van der Waals surface area contributed by atoms with E-state index in [1.54, 1.807) is 12.5 Å². The largest absolute Gasteiger partial charge is 0.464 e. The van der Waals surface area contributed by atoms with Gasteiger partial charge >= 0.3 is 5.97 Å². The van der Waals surface area contributed by atoms with Gasteiger partial charge in [0, 0.05) is 6.54 Å². The van der Waals surface area contributed by atoms with Crippen LogP contribution in [0.2, 0.25) is 0 Å². The van der Waals surface area contributed by atoms with Crippen molar-refractivity contribution in [1.82, 2.24) is 9.55 Å². The summed E-state index contributed by atoms with van der Waals surface area (Å²) in [5.74, 6) is -0.368. The van der Waals surface area contributed by atoms with E-state index < -0.39 is 0 Å². The lowest BCUT2D eigenvalue weighted by Gasteiger charge is -2.20. The molecular weight excluding hydrogens is 266 g/mol. The van der Waals surface area contributed by atoms with Crippen LogP contribution in [0.5, 0.6) is 0 Å². The van der Waals surface area contributed by atoms with Crippen molar-refractivity contribution in [3.8, 4) is 0 Å². The Morgan fingerprint density at radius 2 is 2.10 bits per heavy atom. The molecule has 1 aromatic carbocycles. The maximum atomic E-state index is 11.8. The number of carbonyl (C=O) groups excluding carboxylic acids is 1. The van der Waals surface area contributed by atoms with Crippen molar-refractivity contribution in [3.05, 3.63) is 53.6 Å². The highest BCUT2D eigenvalue weighted by Gasteiger charge is 2.20. The zero-order valence-electron chi connectivity index (χ0n) is 12.5. The van der Waals surface area contributed by atoms with E-state index in [0.29, 0.717) is 12.2 Å². The Balaban J connectivity index is 2.38. The Bertz CT molecular complexity index is 590. The smallest absolute Gasteiger partial charge is 0.356 e. The molecule has 1 heterocycles. The highest BCUT2D eigenvalue weighted by atomic mass is 16.5. The highest BCUT2D eigenvalue weighted by molar-refractivity contribution is 5.87. The van der Waals surface area contributed by atoms with E-state index in [2.05, 4.69) is 24.0 Å². The molecule has 1 atom stereocenters. The molecule has 2 aromatic rings. The van der Waals surface area contributed by atoms with Crippen LogP contribution in [0.4, 0.5) is 0 Å². The van der Waals surface area contributed by atoms with E-state index in [4.69, 9.17) is 10.5 Å². The Morgan fingerprint density at radius 3 is 2.67 bits per heavy atom. The van der Waals surface area contributed by atoms with Crippen LogP contribution in [-0.2, 0) is 11.3 Å². The molecule has 0 radical (unpaired) electrons. The molecule has 21 heavy (non-hydrogen) atoms. The fraction of sp³-hybridized carbons (Fsp3) is 0.375. The van der Waals surface area contributed by atoms with Crippen LogP contribution in [-0.4, -0.2) is 22.6 Å². The molecule has 112 valence electrons. The van der Waals surface area contributed by atoms with Crippen LogP contribution in [0.1, 0.15) is 47.4 Å². The molecule has 2 N–H and O–H groups in total. The van der Waals surface area contributed by atoms with Crippen molar-refractivity contribution in [2.24, 2.45) is 5.73 Å². The number of hydrogen-bond acceptors (Lipinski definition) is 4. The van der Waals surface area contributed by atoms with Gasteiger partial charge in [-0.2, -0.15) is 0 Å². The third kappa shape index (κ3) is 3.31. The standard InChI is InChI=1S/C16H21N3O2/c1-3-4-14(13-7-5-12(9-17)6-8-13)19-11-18-10-15(19)16(20)21-2/h5-8,10-11,14H,3-4,9,17H2,1-2H3. The van der Waals surface area contributed by atoms with Gasteiger partial charge in [0.25, 0.3) is 0 Å². The number of rotatable bonds is 6. The Hall–Kier alpha value is -2.14. The van der Waals surface area contributed by atoms with E-state index in [1.165, 1.54) is 7.11 Å². The lowest BCUT2D eigenvalue weighted by Crippen LogP contribution is -2.16. The number of carbonyl (C=O) groups is 1. The molecule has 0 spiro atoms. The molecule has 0 aliphatic rings. The minimum atomic E-state index is -0.368. The number of methoxy groups -OCH3 is 1. The third-order valence-electron chi connectivity index (χ3n) is 3.56. The van der Waals surface area contributed by atoms with Gasteiger partial charge in [0.1, 0.15) is 5.69 Å². The average Bonchev–Trinajstić information content (AvgIpc) is 3.01. The maximum Gasteiger partial charge on any atom is 0.356 e. The zero-order valence-corrected chi connectivity index (χ0v) is 12.5. The number of hydrogen-bond donors (Lipinski definition) is 1. The van der Waals surface area contributed by atoms with Gasteiger partial charge in [-0.1, -0.05) is 37.6 Å². The van der Waals surface area contributed by atoms with Crippen molar-refractivity contribution in [1.29, 1.82) is 0 Å². The highest BCUT2D eigenvalue weighted by Crippen LogP contribution is 2.25. The van der Waals surface area contributed by atoms with Crippen LogP contribution in [0, 0.1) is 0 Å². The normalized spacial score (nSPS) is 12.1. The fourth-order valence-electron chi connectivity index (χ4n) is 2.43. The summed E-state index contributed by atoms with van der Waals surface area (Å²) in [7, 11) is 1.38. The summed E-state index contributed by atoms with van der Waals surface area (Å²) in [6.07, 6.45) is 5.15. The first kappa shape index (κ1) is 15.3. The summed E-state index contributed by atoms with van der Waals surface area (Å²) in [5, 5.41) is 0. The molecule has 5 nitrogen and oxygen atoms in total. The fourth-order valence-corrected chi connectivity index (χ4v) is 2.43. The van der Waals surface area contributed by atoms with E-state index in [9.17, 15) is 4.79 Å². The minimum Gasteiger partial charge on any atom is -0.464 e. The number of imidazole rings is 1. The monoisotopic (exact) mass is 287 g/mol. The van der Waals surface area contributed by atoms with Crippen molar-refractivity contribution < 1.29 is 9.53 Å². The SMILES string of the molecule is CCCC(c1ccc(CN)cc1)n1cncc1C(=O)OC. The van der Waals surface area contributed by atoms with Gasteiger partial charge in [-0.25, -0.2) is 9.78 Å². The molecule has 1 aromatic heterocycles. The summed E-state index contributed by atoms with van der Waals surface area (Å²) in [6, 6.07) is 8.23. The molecule has 0 aliphatic carbocycles. The van der Waals surface area contributed by atoms with Crippen LogP contribution in [0.25, 0.3) is 0 Å². The number of ether oxygens (including phenoxy) is 1. The first-order valence-corrected chi connectivity index (χ1v) is 7.10. The van der Waals surface area contributed by atoms with Crippen molar-refractivity contribution in [2.75, 3.05) is 7.11 Å². The van der Waals surface area contributed by atoms with E-state index in [1.807, 2.05) is 16.7 Å². The second-order valence-corrected chi connectivity index (χ2v) is 4.93. The Morgan fingerprint density at radius 1 is 1.38 bits per heavy atom. The number of aromatic nitrogens is 2. The topological polar surface area (TPSA) is 70.1 Å². The van der Waals surface area contributed by atoms with Crippen molar-refractivity contribution in [2.45, 2.75) is 32.4 Å². The molecule has 0 saturated carbocycles. The van der Waals surface area contributed by atoms with Gasteiger partial charge in [0.2, 0.25) is 0 Å². The minimum absolute atomic E-state index is 0.0680. The van der Waals surface area contributed by atoms with Gasteiger partial charge in [-0.05, 0) is 17.5 Å². The first-order chi connectivity index (χ1) is 10.2. The summed E-state index contributed by atoms with van der Waals surface area (Å²) in [5.41, 5.74) is 8.33. The molecule has 0 bridgehead atoms. The predicted octanol–water partition coefficient (Wildman–Crippen LogP) is 2.52. The molecular formula is C16H21N3O2. The number of benzene rings is 1. The lowest BCUT2D eigenvalue weighted by atomic mass is 10.0. The first-order valence-electron chi connectivity index (χ1n) is 7.10. The zero-order chi connectivity index (χ0) is 15.2. The number of nitrogens with zero attached hydrogens (tertiary/aromatic N) is 2. The number of nitrogens with two attached hydrogens (primary N) is 1. The average molecular weight is 287 g/mol. The third-order valence-corrected chi connectivity index (χ3v) is 3.56. The van der Waals surface area contributed by atoms with E-state index in [0.717, 1.165) is 24.0 Å². The summed E-state index contributed by atoms with van der Waals surface area (Å²) >= 11 is 0. The van der Waals surface area contributed by atoms with Crippen molar-refractivity contribution in [3.63, 3.8) is 0 Å². The van der Waals surface area contributed by atoms with Gasteiger partial charge in [-0.3, -0.25) is 0 Å². The van der Waals surface area contributed by atoms with Gasteiger partial charge in [-0.15, -0.1) is 0 Å². The molecule has 0 aliphatic heterocycles. The molecule has 5 heteroatoms. The predicted molar refractivity (Wildman–Crippen MR) is 80.9 cm³/mol. The summed E-state index contributed by atoms with van der Waals surface area (Å²) < 4.78 is 6.70. The molecule has 2 rings (SSSR count). The van der Waals surface area contributed by atoms with Gasteiger partial charge < -0.3 is 15.0 Å². The van der Waals surface area contributed by atoms with Gasteiger partial charge in [0.05, 0.1) is 25.7 Å². The molecule has 1 unspecified atom stereocenters.